The first-order valence-corrected chi connectivity index (χ1v) is 5.94. The van der Waals surface area contributed by atoms with Crippen LogP contribution in [0.1, 0.15) is 18.1 Å². The van der Waals surface area contributed by atoms with Gasteiger partial charge in [0.1, 0.15) is 6.10 Å². The first-order valence-electron chi connectivity index (χ1n) is 5.94. The molecule has 0 aliphatic rings. The zero-order valence-corrected chi connectivity index (χ0v) is 10.2. The number of hydrogen-bond acceptors (Lipinski definition) is 4. The summed E-state index contributed by atoms with van der Waals surface area (Å²) in [6, 6.07) is 9.14. The summed E-state index contributed by atoms with van der Waals surface area (Å²) in [6.07, 6.45) is -0.190. The molecule has 0 aliphatic heterocycles. The van der Waals surface area contributed by atoms with E-state index in [0.717, 1.165) is 5.39 Å². The minimum Gasteiger partial charge on any atom is -0.390 e. The van der Waals surface area contributed by atoms with E-state index in [1.165, 1.54) is 0 Å². The van der Waals surface area contributed by atoms with Crippen LogP contribution in [0.5, 0.6) is 0 Å². The molecular weight excluding hydrogens is 244 g/mol. The van der Waals surface area contributed by atoms with Crippen molar-refractivity contribution in [2.75, 3.05) is 6.54 Å². The van der Waals surface area contributed by atoms with Crippen LogP contribution >= 0.6 is 0 Å². The van der Waals surface area contributed by atoms with Crippen LogP contribution in [0.3, 0.4) is 0 Å². The van der Waals surface area contributed by atoms with E-state index >= 15 is 0 Å². The fourth-order valence-corrected chi connectivity index (χ4v) is 1.97. The Labute approximate surface area is 110 Å². The van der Waals surface area contributed by atoms with Crippen molar-refractivity contribution in [3.05, 3.63) is 52.5 Å². The van der Waals surface area contributed by atoms with E-state index in [9.17, 15) is 10.2 Å². The van der Waals surface area contributed by atoms with Gasteiger partial charge in [0, 0.05) is 28.6 Å². The summed E-state index contributed by atoms with van der Waals surface area (Å²) < 4.78 is 0. The highest BCUT2D eigenvalue weighted by Gasteiger charge is 2.20. The summed E-state index contributed by atoms with van der Waals surface area (Å²) in [5.41, 5.74) is 9.42. The van der Waals surface area contributed by atoms with Gasteiger partial charge < -0.3 is 10.2 Å². The summed E-state index contributed by atoms with van der Waals surface area (Å²) in [5, 5.41) is 24.3. The third-order valence-corrected chi connectivity index (χ3v) is 2.94. The van der Waals surface area contributed by atoms with Crippen molar-refractivity contribution in [2.24, 2.45) is 5.11 Å². The van der Waals surface area contributed by atoms with Crippen molar-refractivity contribution in [3.63, 3.8) is 0 Å². The lowest BCUT2D eigenvalue weighted by Crippen LogP contribution is -2.19. The molecule has 1 aromatic carbocycles. The predicted molar refractivity (Wildman–Crippen MR) is 71.3 cm³/mol. The Morgan fingerprint density at radius 3 is 2.84 bits per heavy atom. The Hall–Kier alpha value is -2.14. The van der Waals surface area contributed by atoms with Crippen LogP contribution in [0, 0.1) is 0 Å². The van der Waals surface area contributed by atoms with Crippen molar-refractivity contribution >= 4 is 10.9 Å². The Balaban J connectivity index is 2.25. The zero-order valence-electron chi connectivity index (χ0n) is 10.2. The third kappa shape index (κ3) is 3.00. The number of aliphatic hydroxyl groups is 2. The van der Waals surface area contributed by atoms with Gasteiger partial charge in [-0.05, 0) is 18.0 Å². The van der Waals surface area contributed by atoms with Gasteiger partial charge in [0.25, 0.3) is 0 Å². The van der Waals surface area contributed by atoms with Gasteiger partial charge in [-0.15, -0.1) is 0 Å². The van der Waals surface area contributed by atoms with Crippen LogP contribution in [0.25, 0.3) is 21.3 Å². The lowest BCUT2D eigenvalue weighted by molar-refractivity contribution is 0.0158. The van der Waals surface area contributed by atoms with Crippen LogP contribution in [0.2, 0.25) is 0 Å². The van der Waals surface area contributed by atoms with Crippen molar-refractivity contribution in [1.82, 2.24) is 4.98 Å². The Morgan fingerprint density at radius 1 is 1.26 bits per heavy atom. The number of nitrogens with zero attached hydrogens (tertiary/aromatic N) is 4. The van der Waals surface area contributed by atoms with Crippen molar-refractivity contribution in [1.29, 1.82) is 0 Å². The van der Waals surface area contributed by atoms with Gasteiger partial charge in [-0.2, -0.15) is 0 Å². The molecule has 0 saturated carbocycles. The molecule has 0 amide bonds. The van der Waals surface area contributed by atoms with E-state index < -0.39 is 12.2 Å². The van der Waals surface area contributed by atoms with Crippen molar-refractivity contribution < 1.29 is 10.2 Å². The highest BCUT2D eigenvalue weighted by molar-refractivity contribution is 5.81. The topological polar surface area (TPSA) is 102 Å². The number of para-hydroxylation sites is 1. The molecule has 0 bridgehead atoms. The summed E-state index contributed by atoms with van der Waals surface area (Å²) >= 11 is 0. The second-order valence-corrected chi connectivity index (χ2v) is 4.18. The molecule has 1 heterocycles. The largest absolute Gasteiger partial charge is 0.390 e. The summed E-state index contributed by atoms with van der Waals surface area (Å²) in [7, 11) is 0. The number of azide groups is 1. The predicted octanol–water partition coefficient (Wildman–Crippen LogP) is 2.33. The van der Waals surface area contributed by atoms with Crippen LogP contribution in [-0.4, -0.2) is 27.8 Å². The van der Waals surface area contributed by atoms with Gasteiger partial charge in [-0.1, -0.05) is 29.4 Å². The SMILES string of the molecule is [N-]=[N+]=NCCC(O)C(O)c1cccc2cccnc12. The number of rotatable bonds is 5. The van der Waals surface area contributed by atoms with Gasteiger partial charge in [0.05, 0.1) is 11.6 Å². The number of aliphatic hydroxyl groups excluding tert-OH is 2. The van der Waals surface area contributed by atoms with E-state index in [2.05, 4.69) is 15.0 Å². The molecule has 2 N–H and O–H groups in total. The first-order chi connectivity index (χ1) is 9.24. The number of aromatic nitrogens is 1. The molecular formula is C13H14N4O2. The summed E-state index contributed by atoms with van der Waals surface area (Å²) in [5.74, 6) is 0. The second-order valence-electron chi connectivity index (χ2n) is 4.18. The van der Waals surface area contributed by atoms with Crippen LogP contribution in [-0.2, 0) is 0 Å². The molecule has 2 aromatic rings. The molecule has 0 fully saturated rings. The van der Waals surface area contributed by atoms with Gasteiger partial charge in [0.15, 0.2) is 0 Å². The molecule has 98 valence electrons. The lowest BCUT2D eigenvalue weighted by atomic mass is 9.99. The minimum atomic E-state index is -1.05. The zero-order chi connectivity index (χ0) is 13.7. The molecule has 0 saturated heterocycles. The van der Waals surface area contributed by atoms with Crippen LogP contribution in [0.15, 0.2) is 41.6 Å². The fraction of sp³-hybridized carbons (Fsp3) is 0.308. The molecule has 2 atom stereocenters. The number of pyridine rings is 1. The Kier molecular flexibility index (Phi) is 4.30. The minimum absolute atomic E-state index is 0.146. The maximum atomic E-state index is 10.2. The molecule has 0 radical (unpaired) electrons. The highest BCUT2D eigenvalue weighted by atomic mass is 16.3. The molecule has 6 nitrogen and oxygen atoms in total. The van der Waals surface area contributed by atoms with Gasteiger partial charge >= 0.3 is 0 Å². The summed E-state index contributed by atoms with van der Waals surface area (Å²) in [6.45, 7) is 0.146. The van der Waals surface area contributed by atoms with Gasteiger partial charge in [0.2, 0.25) is 0 Å². The van der Waals surface area contributed by atoms with E-state index in [4.69, 9.17) is 5.53 Å². The number of benzene rings is 1. The smallest absolute Gasteiger partial charge is 0.107 e. The number of hydrogen-bond donors (Lipinski definition) is 2. The Bertz CT molecular complexity index is 605. The first kappa shape index (κ1) is 13.3. The Morgan fingerprint density at radius 2 is 2.05 bits per heavy atom. The molecule has 19 heavy (non-hydrogen) atoms. The quantitative estimate of drug-likeness (QED) is 0.488. The standard InChI is InChI=1S/C13H14N4O2/c14-17-16-8-6-11(18)13(19)10-5-1-3-9-4-2-7-15-12(9)10/h1-5,7,11,13,18-19H,6,8H2. The lowest BCUT2D eigenvalue weighted by Gasteiger charge is -2.18. The average Bonchev–Trinajstić information content (AvgIpc) is 2.46. The maximum absolute atomic E-state index is 10.2. The molecule has 2 rings (SSSR count). The molecule has 2 unspecified atom stereocenters. The summed E-state index contributed by atoms with van der Waals surface area (Å²) in [4.78, 5) is 6.84. The van der Waals surface area contributed by atoms with Gasteiger partial charge in [-0.25, -0.2) is 0 Å². The molecule has 0 spiro atoms. The van der Waals surface area contributed by atoms with E-state index in [-0.39, 0.29) is 13.0 Å². The molecule has 1 aromatic heterocycles. The maximum Gasteiger partial charge on any atom is 0.107 e. The highest BCUT2D eigenvalue weighted by Crippen LogP contribution is 2.25. The van der Waals surface area contributed by atoms with E-state index in [0.29, 0.717) is 11.1 Å². The second kappa shape index (κ2) is 6.15. The van der Waals surface area contributed by atoms with E-state index in [1.807, 2.05) is 24.3 Å². The van der Waals surface area contributed by atoms with Gasteiger partial charge in [-0.3, -0.25) is 4.98 Å². The molecule has 0 aliphatic carbocycles. The van der Waals surface area contributed by atoms with Crippen LogP contribution in [0.4, 0.5) is 0 Å². The van der Waals surface area contributed by atoms with Crippen LogP contribution < -0.4 is 0 Å². The fourth-order valence-electron chi connectivity index (χ4n) is 1.97. The van der Waals surface area contributed by atoms with Crippen molar-refractivity contribution in [2.45, 2.75) is 18.6 Å². The molecule has 6 heteroatoms. The van der Waals surface area contributed by atoms with E-state index in [1.54, 1.807) is 12.3 Å². The third-order valence-electron chi connectivity index (χ3n) is 2.94. The average molecular weight is 258 g/mol. The van der Waals surface area contributed by atoms with Crippen molar-refractivity contribution in [3.8, 4) is 0 Å². The normalized spacial score (nSPS) is 13.8. The monoisotopic (exact) mass is 258 g/mol. The number of fused-ring (bicyclic) bond motifs is 1.